The highest BCUT2D eigenvalue weighted by atomic mass is 16.7. The number of nitrogens with one attached hydrogen (secondary N) is 1. The van der Waals surface area contributed by atoms with E-state index < -0.39 is 12.0 Å². The van der Waals surface area contributed by atoms with Crippen LogP contribution in [0.25, 0.3) is 17.0 Å². The van der Waals surface area contributed by atoms with Crippen molar-refractivity contribution < 1.29 is 28.5 Å². The van der Waals surface area contributed by atoms with Gasteiger partial charge in [-0.1, -0.05) is 11.6 Å². The second-order valence-electron chi connectivity index (χ2n) is 12.8. The van der Waals surface area contributed by atoms with Gasteiger partial charge in [0.05, 0.1) is 32.4 Å². The first kappa shape index (κ1) is 29.4. The monoisotopic (exact) mass is 632 g/mol. The van der Waals surface area contributed by atoms with E-state index in [2.05, 4.69) is 58.2 Å². The van der Waals surface area contributed by atoms with Gasteiger partial charge in [-0.05, 0) is 91.5 Å². The van der Waals surface area contributed by atoms with Crippen molar-refractivity contribution in [1.29, 1.82) is 5.26 Å². The molecule has 0 radical (unpaired) electrons. The summed E-state index contributed by atoms with van der Waals surface area (Å²) >= 11 is 0. The highest BCUT2D eigenvalue weighted by Crippen LogP contribution is 2.52. The van der Waals surface area contributed by atoms with Crippen molar-refractivity contribution in [3.8, 4) is 29.1 Å². The fourth-order valence-corrected chi connectivity index (χ4v) is 8.17. The molecule has 240 valence electrons. The maximum atomic E-state index is 13.3. The van der Waals surface area contributed by atoms with Crippen LogP contribution in [0.4, 0.5) is 0 Å². The van der Waals surface area contributed by atoms with E-state index in [0.29, 0.717) is 35.8 Å². The number of likely N-dealkylation sites (N-methyl/N-ethyl adjacent to an activating group) is 1. The number of fused-ring (bicyclic) bond motifs is 9. The molecule has 4 aromatic rings. The number of aryl methyl sites for hydroxylation is 1. The fourth-order valence-electron chi connectivity index (χ4n) is 8.17. The van der Waals surface area contributed by atoms with Crippen LogP contribution in [0.2, 0.25) is 0 Å². The average Bonchev–Trinajstić information content (AvgIpc) is 3.71. The van der Waals surface area contributed by atoms with E-state index >= 15 is 0 Å². The van der Waals surface area contributed by atoms with Crippen molar-refractivity contribution >= 4 is 22.9 Å². The van der Waals surface area contributed by atoms with E-state index in [1.165, 1.54) is 6.08 Å². The number of aromatic amines is 1. The topological polar surface area (TPSA) is 109 Å². The van der Waals surface area contributed by atoms with E-state index in [1.807, 2.05) is 25.3 Å². The zero-order valence-corrected chi connectivity index (χ0v) is 26.8. The number of esters is 1. The Morgan fingerprint density at radius 2 is 1.77 bits per heavy atom. The summed E-state index contributed by atoms with van der Waals surface area (Å²) in [4.78, 5) is 21.1. The lowest BCUT2D eigenvalue weighted by molar-refractivity contribution is -0.143. The van der Waals surface area contributed by atoms with Gasteiger partial charge in [-0.2, -0.15) is 5.26 Å². The quantitative estimate of drug-likeness (QED) is 0.225. The minimum Gasteiger partial charge on any atom is -0.493 e. The molecule has 0 saturated carbocycles. The van der Waals surface area contributed by atoms with Crippen LogP contribution in [0.15, 0.2) is 54.7 Å². The molecule has 0 unspecified atom stereocenters. The molecule has 1 N–H and O–H groups in total. The number of piperazine rings is 1. The lowest BCUT2D eigenvalue weighted by Gasteiger charge is -2.59. The number of aromatic nitrogens is 1. The zero-order chi connectivity index (χ0) is 32.4. The molecule has 5 atom stereocenters. The van der Waals surface area contributed by atoms with Crippen LogP contribution < -0.4 is 18.9 Å². The summed E-state index contributed by atoms with van der Waals surface area (Å²) in [5.41, 5.74) is 7.47. The van der Waals surface area contributed by atoms with Crippen LogP contribution in [0, 0.1) is 18.3 Å². The normalized spacial score (nSPS) is 24.4. The molecule has 3 aromatic carbocycles. The number of carbonyl (C=O) groups is 1. The Hall–Kier alpha value is -4.98. The molecule has 1 fully saturated rings. The first-order chi connectivity index (χ1) is 22.9. The summed E-state index contributed by atoms with van der Waals surface area (Å²) < 4.78 is 28.9. The molecule has 4 aliphatic rings. The lowest BCUT2D eigenvalue weighted by atomic mass is 9.72. The number of benzene rings is 3. The molecule has 1 saturated heterocycles. The van der Waals surface area contributed by atoms with Crippen molar-refractivity contribution in [3.05, 3.63) is 88.1 Å². The van der Waals surface area contributed by atoms with Crippen LogP contribution in [-0.2, 0) is 22.4 Å². The molecule has 8 rings (SSSR count). The molecule has 0 amide bonds. The fraction of sp³-hybridized carbons (Fsp3) is 0.351. The number of nitrogens with zero attached hydrogens (tertiary/aromatic N) is 3. The van der Waals surface area contributed by atoms with Gasteiger partial charge in [-0.25, -0.2) is 4.79 Å². The van der Waals surface area contributed by atoms with Crippen molar-refractivity contribution in [2.24, 2.45) is 0 Å². The van der Waals surface area contributed by atoms with Crippen LogP contribution in [0.3, 0.4) is 0 Å². The largest absolute Gasteiger partial charge is 0.493 e. The van der Waals surface area contributed by atoms with Crippen molar-refractivity contribution in [1.82, 2.24) is 14.8 Å². The molecule has 47 heavy (non-hydrogen) atoms. The maximum absolute atomic E-state index is 13.3. The lowest BCUT2D eigenvalue weighted by Crippen LogP contribution is -2.68. The number of carbonyl (C=O) groups excluding carboxylic acids is 1. The third kappa shape index (κ3) is 4.72. The van der Waals surface area contributed by atoms with E-state index in [0.717, 1.165) is 44.3 Å². The highest BCUT2D eigenvalue weighted by Gasteiger charge is 2.54. The number of H-pyrrole nitrogens is 1. The highest BCUT2D eigenvalue weighted by molar-refractivity contribution is 5.94. The summed E-state index contributed by atoms with van der Waals surface area (Å²) in [6.07, 6.45) is 6.51. The number of hydrogen-bond acceptors (Lipinski definition) is 9. The number of nitriles is 1. The van der Waals surface area contributed by atoms with Gasteiger partial charge in [0.2, 0.25) is 6.79 Å². The Bertz CT molecular complexity index is 1980. The van der Waals surface area contributed by atoms with Crippen molar-refractivity contribution in [3.63, 3.8) is 0 Å². The van der Waals surface area contributed by atoms with E-state index in [9.17, 15) is 10.1 Å². The van der Waals surface area contributed by atoms with Crippen LogP contribution >= 0.6 is 0 Å². The average molecular weight is 633 g/mol. The Morgan fingerprint density at radius 3 is 2.55 bits per heavy atom. The predicted molar refractivity (Wildman–Crippen MR) is 175 cm³/mol. The molecule has 2 bridgehead atoms. The zero-order valence-electron chi connectivity index (χ0n) is 26.8. The summed E-state index contributed by atoms with van der Waals surface area (Å²) in [7, 11) is 5.40. The number of ether oxygens (including phenoxy) is 5. The summed E-state index contributed by atoms with van der Waals surface area (Å²) in [5.74, 6) is 2.29. The number of methoxy groups -OCH3 is 2. The standard InChI is InChI=1S/C37H36N4O6/c1-20-5-7-27-24(9-20)21(17-39-27)6-8-36(42)45-18-31-25-14-35-34(46-19-47-35)13-22(25)11-29-37-26-15-33(44-4)32(43-3)12-23(26)10-28(40(37)2)30(16-38)41(29)31/h5-9,12-15,17,28-31,37,39H,10-11,18-19H2,1-4H3/b8-6+/t28-,29-,30-,31-,37+/m0/s1. The smallest absolute Gasteiger partial charge is 0.330 e. The molecule has 10 nitrogen and oxygen atoms in total. The minimum atomic E-state index is -0.449. The molecule has 0 aliphatic carbocycles. The summed E-state index contributed by atoms with van der Waals surface area (Å²) in [6, 6.07) is 16.0. The summed E-state index contributed by atoms with van der Waals surface area (Å²) in [6.45, 7) is 2.29. The van der Waals surface area contributed by atoms with Gasteiger partial charge < -0.3 is 28.7 Å². The third-order valence-corrected chi connectivity index (χ3v) is 10.4. The van der Waals surface area contributed by atoms with Crippen molar-refractivity contribution in [2.75, 3.05) is 34.7 Å². The molecule has 1 aromatic heterocycles. The first-order valence-corrected chi connectivity index (χ1v) is 15.9. The molecule has 10 heteroatoms. The Balaban J connectivity index is 1.16. The van der Waals surface area contributed by atoms with Crippen LogP contribution in [-0.4, -0.2) is 73.5 Å². The Morgan fingerprint density at radius 1 is 1.02 bits per heavy atom. The second-order valence-corrected chi connectivity index (χ2v) is 12.8. The van der Waals surface area contributed by atoms with E-state index in [1.54, 1.807) is 20.3 Å². The first-order valence-electron chi connectivity index (χ1n) is 15.9. The van der Waals surface area contributed by atoms with Gasteiger partial charge in [-0.3, -0.25) is 9.80 Å². The predicted octanol–water partition coefficient (Wildman–Crippen LogP) is 5.25. The molecule has 4 aliphatic heterocycles. The number of hydrogen-bond donors (Lipinski definition) is 1. The Labute approximate surface area is 273 Å². The van der Waals surface area contributed by atoms with Crippen LogP contribution in [0.1, 0.15) is 45.5 Å². The van der Waals surface area contributed by atoms with E-state index in [-0.39, 0.29) is 37.6 Å². The van der Waals surface area contributed by atoms with Gasteiger partial charge >= 0.3 is 5.97 Å². The van der Waals surface area contributed by atoms with Gasteiger partial charge in [0.15, 0.2) is 23.0 Å². The second kappa shape index (κ2) is 11.4. The SMILES string of the molecule is COc1cc2c(cc1OC)[C@@H]1[C@@H]3Cc4cc5c(cc4[C@H](COC(=O)/C=C/c4c[nH]c6ccc(C)cc46)N3[C@@H](C#N)[C@H](C2)N1C)OCO5. The molecular formula is C37H36N4O6. The summed E-state index contributed by atoms with van der Waals surface area (Å²) in [5, 5.41) is 11.8. The van der Waals surface area contributed by atoms with Gasteiger partial charge in [0.25, 0.3) is 0 Å². The third-order valence-electron chi connectivity index (χ3n) is 10.4. The van der Waals surface area contributed by atoms with E-state index in [4.69, 9.17) is 23.7 Å². The number of rotatable bonds is 6. The van der Waals surface area contributed by atoms with Gasteiger partial charge in [-0.15, -0.1) is 0 Å². The molecule has 5 heterocycles. The molecule has 0 spiro atoms. The van der Waals surface area contributed by atoms with Crippen molar-refractivity contribution in [2.45, 2.75) is 50.0 Å². The minimum absolute atomic E-state index is 0.0323. The van der Waals surface area contributed by atoms with Gasteiger partial charge in [0, 0.05) is 40.8 Å². The molecular weight excluding hydrogens is 596 g/mol. The van der Waals surface area contributed by atoms with Crippen LogP contribution in [0.5, 0.6) is 23.0 Å². The Kier molecular flexibility index (Phi) is 7.12. The van der Waals surface area contributed by atoms with Gasteiger partial charge in [0.1, 0.15) is 12.6 Å². The maximum Gasteiger partial charge on any atom is 0.330 e.